The molecule has 3 aromatic carbocycles. The van der Waals surface area contributed by atoms with E-state index in [2.05, 4.69) is 116 Å². The Kier molecular flexibility index (Phi) is 5.19. The average molecular weight is 368 g/mol. The minimum absolute atomic E-state index is 0.303. The molecule has 0 aliphatic carbocycles. The van der Waals surface area contributed by atoms with Gasteiger partial charge < -0.3 is 0 Å². The number of likely N-dealkylation sites (tertiary alicyclic amines) is 1. The van der Waals surface area contributed by atoms with Crippen LogP contribution in [0.25, 0.3) is 0 Å². The molecule has 0 bridgehead atoms. The second kappa shape index (κ2) is 7.77. The normalized spacial score (nSPS) is 20.2. The largest absolute Gasteiger partial charge is 0.285 e. The van der Waals surface area contributed by atoms with Gasteiger partial charge in [0.25, 0.3) is 0 Å². The van der Waals surface area contributed by atoms with Crippen LogP contribution in [0.3, 0.4) is 0 Å². The van der Waals surface area contributed by atoms with Crippen molar-refractivity contribution in [2.45, 2.75) is 19.4 Å². The van der Waals surface area contributed by atoms with Crippen molar-refractivity contribution in [3.8, 4) is 0 Å². The van der Waals surface area contributed by atoms with Gasteiger partial charge in [0, 0.05) is 13.1 Å². The molecular formula is C27H29N. The molecule has 0 amide bonds. The second-order valence-corrected chi connectivity index (χ2v) is 8.14. The van der Waals surface area contributed by atoms with Crippen molar-refractivity contribution in [3.05, 3.63) is 120 Å². The van der Waals surface area contributed by atoms with E-state index in [1.165, 1.54) is 22.3 Å². The zero-order valence-electron chi connectivity index (χ0n) is 16.9. The molecule has 0 saturated carbocycles. The summed E-state index contributed by atoms with van der Waals surface area (Å²) in [4.78, 5) is 2.68. The van der Waals surface area contributed by atoms with Crippen LogP contribution in [-0.2, 0) is 5.54 Å². The van der Waals surface area contributed by atoms with Gasteiger partial charge in [0.2, 0.25) is 0 Å². The van der Waals surface area contributed by atoms with Crippen LogP contribution in [0.1, 0.15) is 30.5 Å². The molecule has 1 heterocycles. The molecule has 0 aromatic heterocycles. The third kappa shape index (κ3) is 3.10. The molecule has 1 heteroatoms. The van der Waals surface area contributed by atoms with E-state index in [1.54, 1.807) is 0 Å². The molecule has 1 saturated heterocycles. The maximum absolute atomic E-state index is 4.30. The minimum Gasteiger partial charge on any atom is -0.285 e. The van der Waals surface area contributed by atoms with Gasteiger partial charge in [-0.05, 0) is 35.4 Å². The summed E-state index contributed by atoms with van der Waals surface area (Å²) in [5.74, 6) is 1.11. The van der Waals surface area contributed by atoms with Crippen molar-refractivity contribution < 1.29 is 0 Å². The fourth-order valence-corrected chi connectivity index (χ4v) is 4.97. The highest BCUT2D eigenvalue weighted by Crippen LogP contribution is 2.46. The van der Waals surface area contributed by atoms with E-state index in [4.69, 9.17) is 0 Å². The number of hydrogen-bond donors (Lipinski definition) is 0. The van der Waals surface area contributed by atoms with Crippen LogP contribution in [0.2, 0.25) is 0 Å². The summed E-state index contributed by atoms with van der Waals surface area (Å²) < 4.78 is 0. The fourth-order valence-electron chi connectivity index (χ4n) is 4.97. The molecule has 28 heavy (non-hydrogen) atoms. The molecule has 1 aliphatic heterocycles. The maximum Gasteiger partial charge on any atom is 0.0973 e. The zero-order valence-corrected chi connectivity index (χ0v) is 16.9. The Hall–Kier alpha value is -2.64. The van der Waals surface area contributed by atoms with Gasteiger partial charge in [-0.1, -0.05) is 110 Å². The molecule has 4 rings (SSSR count). The van der Waals surface area contributed by atoms with Crippen molar-refractivity contribution in [2.75, 3.05) is 13.1 Å². The molecule has 0 spiro atoms. The molecule has 0 unspecified atom stereocenters. The molecule has 142 valence electrons. The van der Waals surface area contributed by atoms with Crippen LogP contribution in [-0.4, -0.2) is 18.0 Å². The third-order valence-corrected chi connectivity index (χ3v) is 6.29. The number of nitrogens with zero attached hydrogens (tertiary/aromatic N) is 1. The van der Waals surface area contributed by atoms with E-state index in [0.717, 1.165) is 13.1 Å². The van der Waals surface area contributed by atoms with Crippen molar-refractivity contribution in [2.24, 2.45) is 11.8 Å². The molecule has 2 atom stereocenters. The van der Waals surface area contributed by atoms with Crippen molar-refractivity contribution in [1.82, 2.24) is 4.90 Å². The predicted molar refractivity (Wildman–Crippen MR) is 118 cm³/mol. The summed E-state index contributed by atoms with van der Waals surface area (Å²) in [5, 5.41) is 0. The summed E-state index contributed by atoms with van der Waals surface area (Å²) >= 11 is 0. The highest BCUT2D eigenvalue weighted by atomic mass is 15.2. The topological polar surface area (TPSA) is 3.24 Å². The smallest absolute Gasteiger partial charge is 0.0973 e. The third-order valence-electron chi connectivity index (χ3n) is 6.29. The van der Waals surface area contributed by atoms with Crippen molar-refractivity contribution in [1.29, 1.82) is 0 Å². The second-order valence-electron chi connectivity index (χ2n) is 8.14. The van der Waals surface area contributed by atoms with Crippen LogP contribution in [0.15, 0.2) is 103 Å². The van der Waals surface area contributed by atoms with Gasteiger partial charge in [0.1, 0.15) is 0 Å². The SMILES string of the molecule is C=C(C)[C@@H]1CN(C(c2ccccc2)(c2ccccc2)c2ccccc2)C[C@@H]1C. The Morgan fingerprint density at radius 1 is 0.750 bits per heavy atom. The van der Waals surface area contributed by atoms with E-state index < -0.39 is 0 Å². The van der Waals surface area contributed by atoms with E-state index in [1.807, 2.05) is 0 Å². The molecule has 1 nitrogen and oxygen atoms in total. The highest BCUT2D eigenvalue weighted by molar-refractivity contribution is 5.50. The molecule has 1 fully saturated rings. The first kappa shape index (κ1) is 18.7. The fraction of sp³-hybridized carbons (Fsp3) is 0.259. The Morgan fingerprint density at radius 2 is 1.14 bits per heavy atom. The quantitative estimate of drug-likeness (QED) is 0.388. The summed E-state index contributed by atoms with van der Waals surface area (Å²) in [6.45, 7) is 10.9. The summed E-state index contributed by atoms with van der Waals surface area (Å²) in [5.41, 5.74) is 4.95. The Bertz CT molecular complexity index is 818. The summed E-state index contributed by atoms with van der Waals surface area (Å²) in [6.07, 6.45) is 0. The number of benzene rings is 3. The molecule has 1 aliphatic rings. The number of hydrogen-bond acceptors (Lipinski definition) is 1. The lowest BCUT2D eigenvalue weighted by atomic mass is 9.75. The van der Waals surface area contributed by atoms with Crippen molar-refractivity contribution >= 4 is 0 Å². The Balaban J connectivity index is 1.98. The van der Waals surface area contributed by atoms with E-state index in [-0.39, 0.29) is 5.54 Å². The molecule has 0 N–H and O–H groups in total. The van der Waals surface area contributed by atoms with Gasteiger partial charge in [-0.15, -0.1) is 0 Å². The lowest BCUT2D eigenvalue weighted by Crippen LogP contribution is -2.47. The van der Waals surface area contributed by atoms with Gasteiger partial charge in [-0.25, -0.2) is 0 Å². The molecular weight excluding hydrogens is 338 g/mol. The van der Waals surface area contributed by atoms with Gasteiger partial charge in [0.15, 0.2) is 0 Å². The average Bonchev–Trinajstić information content (AvgIpc) is 3.13. The van der Waals surface area contributed by atoms with E-state index in [9.17, 15) is 0 Å². The molecule has 0 radical (unpaired) electrons. The Labute approximate surface area is 169 Å². The summed E-state index contributed by atoms with van der Waals surface area (Å²) in [7, 11) is 0. The lowest BCUT2D eigenvalue weighted by Gasteiger charge is -2.44. The standard InChI is InChI=1S/C27H29N/c1-21(2)26-20-28(19-22(26)3)27(23-13-7-4-8-14-23,24-15-9-5-10-16-24)25-17-11-6-12-18-25/h4-18,22,26H,1,19-20H2,2-3H3/t22-,26-/m0/s1. The van der Waals surface area contributed by atoms with Gasteiger partial charge >= 0.3 is 0 Å². The van der Waals surface area contributed by atoms with Crippen LogP contribution >= 0.6 is 0 Å². The first-order valence-corrected chi connectivity index (χ1v) is 10.2. The van der Waals surface area contributed by atoms with Gasteiger partial charge in [-0.3, -0.25) is 4.90 Å². The monoisotopic (exact) mass is 367 g/mol. The van der Waals surface area contributed by atoms with Crippen LogP contribution < -0.4 is 0 Å². The highest BCUT2D eigenvalue weighted by Gasteiger charge is 2.46. The zero-order chi connectivity index (χ0) is 19.6. The van der Waals surface area contributed by atoms with E-state index >= 15 is 0 Å². The molecule has 3 aromatic rings. The Morgan fingerprint density at radius 3 is 1.46 bits per heavy atom. The predicted octanol–water partition coefficient (Wildman–Crippen LogP) is 6.12. The lowest BCUT2D eigenvalue weighted by molar-refractivity contribution is 0.190. The first-order valence-electron chi connectivity index (χ1n) is 10.2. The van der Waals surface area contributed by atoms with Crippen LogP contribution in [0.4, 0.5) is 0 Å². The van der Waals surface area contributed by atoms with Crippen molar-refractivity contribution in [3.63, 3.8) is 0 Å². The van der Waals surface area contributed by atoms with Crippen LogP contribution in [0, 0.1) is 11.8 Å². The van der Waals surface area contributed by atoms with Gasteiger partial charge in [0.05, 0.1) is 5.54 Å². The first-order chi connectivity index (χ1) is 13.6. The van der Waals surface area contributed by atoms with E-state index in [0.29, 0.717) is 11.8 Å². The minimum atomic E-state index is -0.303. The van der Waals surface area contributed by atoms with Crippen LogP contribution in [0.5, 0.6) is 0 Å². The van der Waals surface area contributed by atoms with Gasteiger partial charge in [-0.2, -0.15) is 0 Å². The summed E-state index contributed by atoms with van der Waals surface area (Å²) in [6, 6.07) is 32.9. The number of rotatable bonds is 5. The maximum atomic E-state index is 4.30.